The van der Waals surface area contributed by atoms with Gasteiger partial charge >= 0.3 is 0 Å². The molecule has 1 N–H and O–H groups in total. The van der Waals surface area contributed by atoms with E-state index < -0.39 is 0 Å². The second-order valence-electron chi connectivity index (χ2n) is 10.7. The van der Waals surface area contributed by atoms with Crippen molar-refractivity contribution < 1.29 is 4.84 Å². The minimum absolute atomic E-state index is 0.0816. The first kappa shape index (κ1) is 19.7. The molecule has 2 heterocycles. The lowest BCUT2D eigenvalue weighted by atomic mass is 9.62. The third-order valence-electron chi connectivity index (χ3n) is 7.64. The zero-order valence-electron chi connectivity index (χ0n) is 18.9. The van der Waals surface area contributed by atoms with Crippen molar-refractivity contribution in [3.05, 3.63) is 64.0 Å². The maximum Gasteiger partial charge on any atom is 0.215 e. The zero-order chi connectivity index (χ0) is 21.1. The molecule has 0 unspecified atom stereocenters. The quantitative estimate of drug-likeness (QED) is 0.758. The molecule has 5 rings (SSSR count). The standard InChI is InChI=1S/C26H33N3O/c1-17-12-20-21(25(4,5)9-8-24(20,2)3)14-19(17)26(10-11-26)22-7-6-18(15-27-22)13-23-28-16-29-30-23/h6-7,12,14-15,29H,8-11,13,16H2,1-5H3. The molecule has 1 aliphatic heterocycles. The maximum absolute atomic E-state index is 5.31. The molecule has 0 spiro atoms. The Bertz CT molecular complexity index is 1010. The fraction of sp³-hybridized carbons (Fsp3) is 0.538. The van der Waals surface area contributed by atoms with Crippen LogP contribution in [0.4, 0.5) is 0 Å². The van der Waals surface area contributed by atoms with E-state index in [9.17, 15) is 0 Å². The highest BCUT2D eigenvalue weighted by Gasteiger charge is 2.49. The molecule has 0 atom stereocenters. The number of aryl methyl sites for hydroxylation is 1. The van der Waals surface area contributed by atoms with Crippen molar-refractivity contribution in [3.8, 4) is 0 Å². The van der Waals surface area contributed by atoms with Gasteiger partial charge in [-0.2, -0.15) is 0 Å². The number of pyridine rings is 1. The Labute approximate surface area is 180 Å². The van der Waals surface area contributed by atoms with Gasteiger partial charge in [-0.05, 0) is 77.3 Å². The molecule has 1 fully saturated rings. The van der Waals surface area contributed by atoms with E-state index in [4.69, 9.17) is 9.82 Å². The fourth-order valence-electron chi connectivity index (χ4n) is 5.37. The topological polar surface area (TPSA) is 46.5 Å². The Hall–Kier alpha value is -2.20. The smallest absolute Gasteiger partial charge is 0.215 e. The van der Waals surface area contributed by atoms with Crippen LogP contribution >= 0.6 is 0 Å². The van der Waals surface area contributed by atoms with Gasteiger partial charge in [0.1, 0.15) is 6.67 Å². The van der Waals surface area contributed by atoms with Crippen molar-refractivity contribution in [1.82, 2.24) is 10.5 Å². The molecule has 0 saturated heterocycles. The van der Waals surface area contributed by atoms with Gasteiger partial charge in [0.15, 0.2) is 0 Å². The summed E-state index contributed by atoms with van der Waals surface area (Å²) in [6, 6.07) is 9.44. The number of nitrogens with one attached hydrogen (secondary N) is 1. The third-order valence-corrected chi connectivity index (χ3v) is 7.64. The van der Waals surface area contributed by atoms with Gasteiger partial charge in [0.2, 0.25) is 5.90 Å². The predicted octanol–water partition coefficient (Wildman–Crippen LogP) is 5.25. The average molecular weight is 404 g/mol. The first-order valence-corrected chi connectivity index (χ1v) is 11.3. The first-order valence-electron chi connectivity index (χ1n) is 11.3. The maximum atomic E-state index is 5.31. The van der Waals surface area contributed by atoms with Crippen molar-refractivity contribution in [2.75, 3.05) is 6.67 Å². The SMILES string of the molecule is Cc1cc2c(cc1C1(c3ccc(CC4=NCNO4)cn3)CC1)C(C)(C)CCC2(C)C. The van der Waals surface area contributed by atoms with Gasteiger partial charge in [-0.25, -0.2) is 4.99 Å². The van der Waals surface area contributed by atoms with Crippen LogP contribution in [0.1, 0.15) is 86.9 Å². The van der Waals surface area contributed by atoms with Crippen LogP contribution in [0.3, 0.4) is 0 Å². The second kappa shape index (κ2) is 6.65. The van der Waals surface area contributed by atoms with Gasteiger partial charge in [-0.3, -0.25) is 4.98 Å². The summed E-state index contributed by atoms with van der Waals surface area (Å²) in [5.74, 6) is 0.737. The number of hydrogen-bond acceptors (Lipinski definition) is 4. The van der Waals surface area contributed by atoms with Crippen LogP contribution in [0.5, 0.6) is 0 Å². The van der Waals surface area contributed by atoms with Crippen LogP contribution in [0.25, 0.3) is 0 Å². The molecule has 2 aliphatic carbocycles. The average Bonchev–Trinajstić information content (AvgIpc) is 3.35. The largest absolute Gasteiger partial charge is 0.391 e. The van der Waals surface area contributed by atoms with Gasteiger partial charge in [0, 0.05) is 11.6 Å². The normalized spacial score (nSPS) is 22.8. The Kier molecular flexibility index (Phi) is 4.38. The Balaban J connectivity index is 1.51. The summed E-state index contributed by atoms with van der Waals surface area (Å²) >= 11 is 0. The fourth-order valence-corrected chi connectivity index (χ4v) is 5.37. The molecule has 0 bridgehead atoms. The van der Waals surface area contributed by atoms with Crippen molar-refractivity contribution in [1.29, 1.82) is 0 Å². The highest BCUT2D eigenvalue weighted by atomic mass is 16.7. The van der Waals surface area contributed by atoms with Crippen LogP contribution in [-0.4, -0.2) is 17.6 Å². The number of rotatable bonds is 4. The molecule has 30 heavy (non-hydrogen) atoms. The van der Waals surface area contributed by atoms with Crippen LogP contribution in [0.2, 0.25) is 0 Å². The lowest BCUT2D eigenvalue weighted by molar-refractivity contribution is 0.210. The van der Waals surface area contributed by atoms with E-state index >= 15 is 0 Å². The molecule has 0 radical (unpaired) electrons. The van der Waals surface area contributed by atoms with Gasteiger partial charge < -0.3 is 4.84 Å². The molecule has 1 aromatic carbocycles. The number of benzene rings is 1. The van der Waals surface area contributed by atoms with Crippen molar-refractivity contribution in [2.24, 2.45) is 4.99 Å². The van der Waals surface area contributed by atoms with E-state index in [1.54, 1.807) is 11.1 Å². The molecule has 4 nitrogen and oxygen atoms in total. The summed E-state index contributed by atoms with van der Waals surface area (Å²) in [6.07, 6.45) is 7.56. The molecular weight excluding hydrogens is 370 g/mol. The summed E-state index contributed by atoms with van der Waals surface area (Å²) in [4.78, 5) is 14.5. The zero-order valence-corrected chi connectivity index (χ0v) is 18.9. The Morgan fingerprint density at radius 1 is 0.933 bits per heavy atom. The minimum Gasteiger partial charge on any atom is -0.391 e. The predicted molar refractivity (Wildman–Crippen MR) is 121 cm³/mol. The Morgan fingerprint density at radius 3 is 2.20 bits per heavy atom. The van der Waals surface area contributed by atoms with E-state index in [1.807, 2.05) is 6.20 Å². The first-order chi connectivity index (χ1) is 14.2. The number of hydroxylamine groups is 1. The highest BCUT2D eigenvalue weighted by molar-refractivity contribution is 5.79. The summed E-state index contributed by atoms with van der Waals surface area (Å²) in [5.41, 5.74) is 11.7. The summed E-state index contributed by atoms with van der Waals surface area (Å²) in [5, 5.41) is 0. The number of fused-ring (bicyclic) bond motifs is 1. The summed E-state index contributed by atoms with van der Waals surface area (Å²) in [6.45, 7) is 12.5. The molecule has 3 aliphatic rings. The van der Waals surface area contributed by atoms with Crippen molar-refractivity contribution in [3.63, 3.8) is 0 Å². The number of nitrogens with zero attached hydrogens (tertiary/aromatic N) is 2. The van der Waals surface area contributed by atoms with E-state index in [2.05, 4.69) is 69.4 Å². The second-order valence-corrected chi connectivity index (χ2v) is 10.7. The monoisotopic (exact) mass is 403 g/mol. The molecule has 1 saturated carbocycles. The van der Waals surface area contributed by atoms with E-state index in [0.29, 0.717) is 13.1 Å². The van der Waals surface area contributed by atoms with Gasteiger partial charge in [0.25, 0.3) is 0 Å². The molecule has 0 amide bonds. The van der Waals surface area contributed by atoms with Crippen molar-refractivity contribution >= 4 is 5.90 Å². The van der Waals surface area contributed by atoms with E-state index in [-0.39, 0.29) is 16.2 Å². The number of aliphatic imine (C=N–C) groups is 1. The van der Waals surface area contributed by atoms with Gasteiger partial charge in [-0.15, -0.1) is 5.48 Å². The van der Waals surface area contributed by atoms with E-state index in [0.717, 1.165) is 11.5 Å². The van der Waals surface area contributed by atoms with Gasteiger partial charge in [0.05, 0.1) is 12.1 Å². The number of aromatic nitrogens is 1. The summed E-state index contributed by atoms with van der Waals surface area (Å²) in [7, 11) is 0. The number of hydrogen-bond donors (Lipinski definition) is 1. The van der Waals surface area contributed by atoms with Crippen LogP contribution in [0, 0.1) is 6.92 Å². The van der Waals surface area contributed by atoms with Gasteiger partial charge in [-0.1, -0.05) is 45.9 Å². The molecule has 2 aromatic rings. The van der Waals surface area contributed by atoms with Crippen molar-refractivity contribution in [2.45, 2.75) is 83.0 Å². The summed E-state index contributed by atoms with van der Waals surface area (Å²) < 4.78 is 0. The highest BCUT2D eigenvalue weighted by Crippen LogP contribution is 2.56. The lowest BCUT2D eigenvalue weighted by Crippen LogP contribution is -2.34. The molecule has 4 heteroatoms. The molecule has 158 valence electrons. The third kappa shape index (κ3) is 3.17. The van der Waals surface area contributed by atoms with Crippen LogP contribution in [0.15, 0.2) is 35.5 Å². The van der Waals surface area contributed by atoms with Crippen LogP contribution in [-0.2, 0) is 27.5 Å². The Morgan fingerprint density at radius 2 is 1.63 bits per heavy atom. The van der Waals surface area contributed by atoms with Crippen LogP contribution < -0.4 is 5.48 Å². The van der Waals surface area contributed by atoms with E-state index in [1.165, 1.54) is 42.5 Å². The minimum atomic E-state index is 0.0816. The molecule has 1 aromatic heterocycles. The lowest BCUT2D eigenvalue weighted by Gasteiger charge is -2.43. The molecular formula is C26H33N3O.